The minimum atomic E-state index is -1.20. The van der Waals surface area contributed by atoms with Gasteiger partial charge < -0.3 is 10.8 Å². The SMILES string of the molecule is NC(=O)C(=CC(=O)O)c1cccc2c1-c1cccc3cccc-2c13. The van der Waals surface area contributed by atoms with E-state index in [4.69, 9.17) is 10.8 Å². The fourth-order valence-corrected chi connectivity index (χ4v) is 3.47. The van der Waals surface area contributed by atoms with Crippen molar-refractivity contribution in [3.8, 4) is 22.3 Å². The van der Waals surface area contributed by atoms with E-state index in [1.54, 1.807) is 6.07 Å². The Morgan fingerprint density at radius 3 is 2.17 bits per heavy atom. The summed E-state index contributed by atoms with van der Waals surface area (Å²) in [7, 11) is 0. The molecule has 1 amide bonds. The van der Waals surface area contributed by atoms with Crippen molar-refractivity contribution >= 4 is 28.2 Å². The minimum absolute atomic E-state index is 0.00385. The molecule has 3 N–H and O–H groups in total. The molecule has 0 atom stereocenters. The van der Waals surface area contributed by atoms with Gasteiger partial charge in [-0.1, -0.05) is 54.6 Å². The van der Waals surface area contributed by atoms with Crippen LogP contribution in [0.4, 0.5) is 0 Å². The van der Waals surface area contributed by atoms with Crippen molar-refractivity contribution in [1.82, 2.24) is 0 Å². The number of carbonyl (C=O) groups excluding carboxylic acids is 1. The number of benzene rings is 3. The van der Waals surface area contributed by atoms with Crippen LogP contribution in [0.2, 0.25) is 0 Å². The summed E-state index contributed by atoms with van der Waals surface area (Å²) < 4.78 is 0. The maximum atomic E-state index is 11.8. The molecule has 0 aromatic heterocycles. The van der Waals surface area contributed by atoms with Gasteiger partial charge >= 0.3 is 5.97 Å². The Morgan fingerprint density at radius 2 is 1.50 bits per heavy atom. The van der Waals surface area contributed by atoms with Gasteiger partial charge in [-0.05, 0) is 38.6 Å². The minimum Gasteiger partial charge on any atom is -0.478 e. The van der Waals surface area contributed by atoms with Crippen molar-refractivity contribution in [3.63, 3.8) is 0 Å². The van der Waals surface area contributed by atoms with Gasteiger partial charge in [0.15, 0.2) is 0 Å². The van der Waals surface area contributed by atoms with Crippen LogP contribution in [0.3, 0.4) is 0 Å². The molecular weight excluding hydrogens is 302 g/mol. The highest BCUT2D eigenvalue weighted by atomic mass is 16.4. The monoisotopic (exact) mass is 315 g/mol. The summed E-state index contributed by atoms with van der Waals surface area (Å²) in [5.74, 6) is -1.95. The first-order valence-electron chi connectivity index (χ1n) is 7.48. The lowest BCUT2D eigenvalue weighted by molar-refractivity contribution is -0.131. The summed E-state index contributed by atoms with van der Waals surface area (Å²) in [6.45, 7) is 0. The summed E-state index contributed by atoms with van der Waals surface area (Å²) in [5.41, 5.74) is 9.91. The molecule has 0 radical (unpaired) electrons. The van der Waals surface area contributed by atoms with Crippen LogP contribution < -0.4 is 5.73 Å². The number of aliphatic carboxylic acids is 1. The molecule has 4 rings (SSSR count). The van der Waals surface area contributed by atoms with Crippen molar-refractivity contribution in [2.45, 2.75) is 0 Å². The molecule has 24 heavy (non-hydrogen) atoms. The van der Waals surface area contributed by atoms with Gasteiger partial charge in [-0.3, -0.25) is 4.79 Å². The predicted octanol–water partition coefficient (Wildman–Crippen LogP) is 3.44. The van der Waals surface area contributed by atoms with E-state index in [0.717, 1.165) is 39.1 Å². The topological polar surface area (TPSA) is 80.4 Å². The molecule has 116 valence electrons. The van der Waals surface area contributed by atoms with E-state index < -0.39 is 11.9 Å². The highest BCUT2D eigenvalue weighted by Crippen LogP contribution is 2.49. The van der Waals surface area contributed by atoms with Gasteiger partial charge in [0, 0.05) is 6.08 Å². The number of carboxylic acids is 1. The molecule has 3 aromatic rings. The number of carbonyl (C=O) groups is 2. The number of rotatable bonds is 3. The van der Waals surface area contributed by atoms with E-state index in [1.807, 2.05) is 48.5 Å². The Bertz CT molecular complexity index is 1060. The maximum Gasteiger partial charge on any atom is 0.329 e. The Kier molecular flexibility index (Phi) is 3.00. The molecular formula is C20H13NO3. The molecule has 4 nitrogen and oxygen atoms in total. The summed E-state index contributed by atoms with van der Waals surface area (Å²) in [5, 5.41) is 11.3. The number of fused-ring (bicyclic) bond motifs is 3. The molecule has 1 aliphatic carbocycles. The molecule has 0 spiro atoms. The average molecular weight is 315 g/mol. The van der Waals surface area contributed by atoms with Gasteiger partial charge in [0.05, 0.1) is 5.57 Å². The first-order chi connectivity index (χ1) is 11.6. The van der Waals surface area contributed by atoms with E-state index in [2.05, 4.69) is 0 Å². The third kappa shape index (κ3) is 1.93. The number of amides is 1. The van der Waals surface area contributed by atoms with Crippen LogP contribution in [0.1, 0.15) is 5.56 Å². The number of hydrogen-bond acceptors (Lipinski definition) is 2. The smallest absolute Gasteiger partial charge is 0.329 e. The first-order valence-corrected chi connectivity index (χ1v) is 7.48. The van der Waals surface area contributed by atoms with Crippen molar-refractivity contribution in [1.29, 1.82) is 0 Å². The fraction of sp³-hybridized carbons (Fsp3) is 0. The first kappa shape index (κ1) is 14.2. The predicted molar refractivity (Wildman–Crippen MR) is 93.2 cm³/mol. The Hall–Kier alpha value is -3.40. The molecule has 1 aliphatic rings. The number of carboxylic acid groups (broad SMARTS) is 1. The van der Waals surface area contributed by atoms with Gasteiger partial charge in [0.2, 0.25) is 5.91 Å². The molecule has 4 heteroatoms. The van der Waals surface area contributed by atoms with Crippen LogP contribution in [-0.4, -0.2) is 17.0 Å². The summed E-state index contributed by atoms with van der Waals surface area (Å²) in [4.78, 5) is 23.0. The van der Waals surface area contributed by atoms with E-state index in [1.165, 1.54) is 0 Å². The largest absolute Gasteiger partial charge is 0.478 e. The normalized spacial score (nSPS) is 12.2. The molecule has 0 unspecified atom stereocenters. The molecule has 0 saturated carbocycles. The quantitative estimate of drug-likeness (QED) is 0.568. The zero-order valence-corrected chi connectivity index (χ0v) is 12.6. The van der Waals surface area contributed by atoms with Crippen molar-refractivity contribution in [3.05, 3.63) is 66.2 Å². The maximum absolute atomic E-state index is 11.8. The number of primary amides is 1. The molecule has 0 aliphatic heterocycles. The fourth-order valence-electron chi connectivity index (χ4n) is 3.47. The van der Waals surface area contributed by atoms with Crippen molar-refractivity contribution in [2.75, 3.05) is 0 Å². The van der Waals surface area contributed by atoms with Crippen LogP contribution in [0.5, 0.6) is 0 Å². The summed E-state index contributed by atoms with van der Waals surface area (Å²) in [6.07, 6.45) is 0.876. The average Bonchev–Trinajstić information content (AvgIpc) is 2.89. The Morgan fingerprint density at radius 1 is 0.875 bits per heavy atom. The molecule has 0 saturated heterocycles. The van der Waals surface area contributed by atoms with Crippen LogP contribution in [-0.2, 0) is 9.59 Å². The van der Waals surface area contributed by atoms with Crippen LogP contribution >= 0.6 is 0 Å². The summed E-state index contributed by atoms with van der Waals surface area (Å²) in [6, 6.07) is 17.6. The van der Waals surface area contributed by atoms with E-state index in [-0.39, 0.29) is 5.57 Å². The summed E-state index contributed by atoms with van der Waals surface area (Å²) >= 11 is 0. The second-order valence-corrected chi connectivity index (χ2v) is 5.70. The second-order valence-electron chi connectivity index (χ2n) is 5.70. The van der Waals surface area contributed by atoms with Gasteiger partial charge in [-0.25, -0.2) is 4.79 Å². The van der Waals surface area contributed by atoms with Crippen LogP contribution in [0.15, 0.2) is 60.7 Å². The van der Waals surface area contributed by atoms with Gasteiger partial charge in [0.1, 0.15) is 0 Å². The van der Waals surface area contributed by atoms with E-state index >= 15 is 0 Å². The number of nitrogens with two attached hydrogens (primary N) is 1. The molecule has 0 bridgehead atoms. The van der Waals surface area contributed by atoms with Gasteiger partial charge in [-0.15, -0.1) is 0 Å². The zero-order valence-electron chi connectivity index (χ0n) is 12.6. The van der Waals surface area contributed by atoms with E-state index in [0.29, 0.717) is 5.56 Å². The highest BCUT2D eigenvalue weighted by Gasteiger charge is 2.26. The van der Waals surface area contributed by atoms with E-state index in [9.17, 15) is 9.59 Å². The third-order valence-corrected chi connectivity index (χ3v) is 4.35. The van der Waals surface area contributed by atoms with Crippen molar-refractivity contribution < 1.29 is 14.7 Å². The zero-order chi connectivity index (χ0) is 16.8. The second kappa shape index (κ2) is 5.06. The Balaban J connectivity index is 2.10. The lowest BCUT2D eigenvalue weighted by Gasteiger charge is -2.11. The lowest BCUT2D eigenvalue weighted by atomic mass is 9.92. The number of hydrogen-bond donors (Lipinski definition) is 2. The van der Waals surface area contributed by atoms with Gasteiger partial charge in [0.25, 0.3) is 0 Å². The van der Waals surface area contributed by atoms with Crippen LogP contribution in [0, 0.1) is 0 Å². The molecule has 0 heterocycles. The standard InChI is InChI=1S/C20H13NO3/c21-20(24)16(10-17(22)23)14-8-3-7-13-12-6-1-4-11-5-2-9-15(18(11)12)19(13)14/h1-10H,(H2,21,24)(H,22,23). The van der Waals surface area contributed by atoms with Gasteiger partial charge in [-0.2, -0.15) is 0 Å². The molecule has 3 aromatic carbocycles. The highest BCUT2D eigenvalue weighted by molar-refractivity contribution is 6.26. The Labute approximate surface area is 137 Å². The molecule has 0 fully saturated rings. The van der Waals surface area contributed by atoms with Crippen molar-refractivity contribution in [2.24, 2.45) is 5.73 Å². The third-order valence-electron chi connectivity index (χ3n) is 4.35. The van der Waals surface area contributed by atoms with Crippen LogP contribution in [0.25, 0.3) is 38.6 Å². The lowest BCUT2D eigenvalue weighted by Crippen LogP contribution is -2.15.